The summed E-state index contributed by atoms with van der Waals surface area (Å²) in [6, 6.07) is 25.2. The molecule has 1 heterocycles. The van der Waals surface area contributed by atoms with Crippen LogP contribution in [0.4, 0.5) is 13.2 Å². The molecule has 3 nitrogen and oxygen atoms in total. The maximum atomic E-state index is 13.6. The highest BCUT2D eigenvalue weighted by molar-refractivity contribution is 5.90. The van der Waals surface area contributed by atoms with Crippen LogP contribution in [-0.4, -0.2) is 29.7 Å². The lowest BCUT2D eigenvalue weighted by molar-refractivity contribution is -0.137. The Hall–Kier alpha value is -3.41. The molecule has 1 amide bonds. The molecule has 0 bridgehead atoms. The van der Waals surface area contributed by atoms with Crippen molar-refractivity contribution >= 4 is 11.7 Å². The number of benzene rings is 3. The van der Waals surface area contributed by atoms with E-state index in [0.29, 0.717) is 44.3 Å². The van der Waals surface area contributed by atoms with Crippen molar-refractivity contribution in [1.29, 1.82) is 0 Å². The number of hydrogen-bond donors (Lipinski definition) is 0. The number of hydrogen-bond acceptors (Lipinski definition) is 2. The first-order valence-electron chi connectivity index (χ1n) is 13.3. The quantitative estimate of drug-likeness (QED) is 0.265. The number of piperidine rings is 1. The van der Waals surface area contributed by atoms with E-state index in [1.54, 1.807) is 4.90 Å². The van der Waals surface area contributed by atoms with E-state index in [-0.39, 0.29) is 18.1 Å². The van der Waals surface area contributed by atoms with Crippen LogP contribution in [0.5, 0.6) is 0 Å². The largest absolute Gasteiger partial charge is 0.416 e. The summed E-state index contributed by atoms with van der Waals surface area (Å²) in [5.74, 6) is 0.218. The van der Waals surface area contributed by atoms with Gasteiger partial charge >= 0.3 is 6.18 Å². The Balaban J connectivity index is 1.33. The van der Waals surface area contributed by atoms with Crippen molar-refractivity contribution in [3.05, 3.63) is 107 Å². The topological polar surface area (TPSA) is 37.4 Å². The molecule has 200 valence electrons. The second kappa shape index (κ2) is 12.4. The van der Waals surface area contributed by atoms with Crippen molar-refractivity contribution < 1.29 is 22.8 Å². The van der Waals surface area contributed by atoms with E-state index in [9.17, 15) is 22.8 Å². The van der Waals surface area contributed by atoms with Gasteiger partial charge in [-0.15, -0.1) is 0 Å². The number of unbranched alkanes of at least 4 members (excludes halogenated alkanes) is 1. The standard InChI is InChI=1S/C32H34F3NO2/c33-32(34,35)28-18-15-26(16-19-28)17-20-30(38)36-23-21-31(22-24-36,27-12-5-2-6-13-27)29(37)14-8-7-11-25-9-3-1-4-10-25/h1-6,9-10,12-13,15-16,18-19H,7-8,11,14,17,20-24H2. The third kappa shape index (κ3) is 6.91. The molecule has 0 aliphatic carbocycles. The normalized spacial score (nSPS) is 15.3. The van der Waals surface area contributed by atoms with Gasteiger partial charge in [-0.25, -0.2) is 0 Å². The molecule has 0 radical (unpaired) electrons. The van der Waals surface area contributed by atoms with Crippen LogP contribution in [-0.2, 0) is 34.0 Å². The van der Waals surface area contributed by atoms with Crippen molar-refractivity contribution in [2.75, 3.05) is 13.1 Å². The molecule has 0 N–H and O–H groups in total. The number of carbonyl (C=O) groups is 2. The lowest BCUT2D eigenvalue weighted by Crippen LogP contribution is -2.49. The van der Waals surface area contributed by atoms with Crippen molar-refractivity contribution in [3.8, 4) is 0 Å². The molecule has 6 heteroatoms. The summed E-state index contributed by atoms with van der Waals surface area (Å²) >= 11 is 0. The van der Waals surface area contributed by atoms with Crippen LogP contribution in [0, 0.1) is 0 Å². The van der Waals surface area contributed by atoms with Crippen LogP contribution < -0.4 is 0 Å². The van der Waals surface area contributed by atoms with E-state index < -0.39 is 17.2 Å². The number of halogens is 3. The number of likely N-dealkylation sites (tertiary alicyclic amines) is 1. The highest BCUT2D eigenvalue weighted by atomic mass is 19.4. The number of amides is 1. The van der Waals surface area contributed by atoms with Gasteiger partial charge in [0.05, 0.1) is 11.0 Å². The fourth-order valence-electron chi connectivity index (χ4n) is 5.39. The van der Waals surface area contributed by atoms with Crippen LogP contribution in [0.2, 0.25) is 0 Å². The Kier molecular flexibility index (Phi) is 9.03. The minimum absolute atomic E-state index is 0.0260. The third-order valence-electron chi connectivity index (χ3n) is 7.70. The Morgan fingerprint density at radius 3 is 1.89 bits per heavy atom. The Labute approximate surface area is 222 Å². The molecule has 3 aromatic carbocycles. The number of aryl methyl sites for hydroxylation is 2. The van der Waals surface area contributed by atoms with Crippen LogP contribution in [0.25, 0.3) is 0 Å². The van der Waals surface area contributed by atoms with Gasteiger partial charge in [-0.3, -0.25) is 9.59 Å². The molecule has 0 atom stereocenters. The molecule has 1 saturated heterocycles. The molecular weight excluding hydrogens is 487 g/mol. The highest BCUT2D eigenvalue weighted by Gasteiger charge is 2.42. The van der Waals surface area contributed by atoms with Gasteiger partial charge in [0.25, 0.3) is 0 Å². The predicted molar refractivity (Wildman–Crippen MR) is 143 cm³/mol. The molecule has 38 heavy (non-hydrogen) atoms. The van der Waals surface area contributed by atoms with Gasteiger partial charge < -0.3 is 4.90 Å². The third-order valence-corrected chi connectivity index (χ3v) is 7.70. The zero-order valence-electron chi connectivity index (χ0n) is 21.6. The highest BCUT2D eigenvalue weighted by Crippen LogP contribution is 2.38. The van der Waals surface area contributed by atoms with Crippen LogP contribution in [0.15, 0.2) is 84.9 Å². The molecule has 0 spiro atoms. The zero-order valence-corrected chi connectivity index (χ0v) is 21.6. The minimum atomic E-state index is -4.37. The average Bonchev–Trinajstić information content (AvgIpc) is 2.94. The summed E-state index contributed by atoms with van der Waals surface area (Å²) in [5.41, 5.74) is 1.72. The van der Waals surface area contributed by atoms with E-state index in [1.807, 2.05) is 48.5 Å². The van der Waals surface area contributed by atoms with Crippen molar-refractivity contribution in [3.63, 3.8) is 0 Å². The summed E-state index contributed by atoms with van der Waals surface area (Å²) in [6.45, 7) is 0.993. The molecule has 1 aliphatic rings. The summed E-state index contributed by atoms with van der Waals surface area (Å²) < 4.78 is 38.4. The first-order chi connectivity index (χ1) is 18.3. The maximum Gasteiger partial charge on any atom is 0.416 e. The second-order valence-corrected chi connectivity index (χ2v) is 10.1. The van der Waals surface area contributed by atoms with Gasteiger partial charge in [0.1, 0.15) is 5.78 Å². The number of ketones is 1. The summed E-state index contributed by atoms with van der Waals surface area (Å²) in [4.78, 5) is 28.4. The molecule has 1 aliphatic heterocycles. The molecule has 3 aromatic rings. The fraction of sp³-hybridized carbons (Fsp3) is 0.375. The number of nitrogens with zero attached hydrogens (tertiary/aromatic N) is 1. The Morgan fingerprint density at radius 2 is 1.29 bits per heavy atom. The van der Waals surface area contributed by atoms with Crippen LogP contribution in [0.1, 0.15) is 60.8 Å². The Bertz CT molecular complexity index is 1180. The lowest BCUT2D eigenvalue weighted by Gasteiger charge is -2.41. The molecule has 0 saturated carbocycles. The monoisotopic (exact) mass is 521 g/mol. The summed E-state index contributed by atoms with van der Waals surface area (Å²) in [6.07, 6.45) is 0.674. The predicted octanol–water partition coefficient (Wildman–Crippen LogP) is 7.18. The molecule has 0 unspecified atom stereocenters. The van der Waals surface area contributed by atoms with E-state index in [2.05, 4.69) is 12.1 Å². The summed E-state index contributed by atoms with van der Waals surface area (Å²) in [5, 5.41) is 0. The average molecular weight is 522 g/mol. The first-order valence-corrected chi connectivity index (χ1v) is 13.3. The molecular formula is C32H34F3NO2. The van der Waals surface area contributed by atoms with Gasteiger partial charge in [0.2, 0.25) is 5.91 Å². The van der Waals surface area contributed by atoms with Gasteiger partial charge in [0, 0.05) is 25.9 Å². The van der Waals surface area contributed by atoms with Crippen molar-refractivity contribution in [2.24, 2.45) is 0 Å². The van der Waals surface area contributed by atoms with E-state index in [1.165, 1.54) is 17.7 Å². The smallest absolute Gasteiger partial charge is 0.343 e. The maximum absolute atomic E-state index is 13.6. The molecule has 0 aromatic heterocycles. The van der Waals surface area contributed by atoms with Gasteiger partial charge in [-0.1, -0.05) is 72.8 Å². The van der Waals surface area contributed by atoms with Gasteiger partial charge in [-0.05, 0) is 67.3 Å². The van der Waals surface area contributed by atoms with Crippen molar-refractivity contribution in [2.45, 2.75) is 63.0 Å². The number of alkyl halides is 3. The van der Waals surface area contributed by atoms with Crippen LogP contribution >= 0.6 is 0 Å². The van der Waals surface area contributed by atoms with E-state index in [4.69, 9.17) is 0 Å². The van der Waals surface area contributed by atoms with Gasteiger partial charge in [-0.2, -0.15) is 13.2 Å². The van der Waals surface area contributed by atoms with Crippen molar-refractivity contribution in [1.82, 2.24) is 4.90 Å². The van der Waals surface area contributed by atoms with Gasteiger partial charge in [0.15, 0.2) is 0 Å². The zero-order chi connectivity index (χ0) is 27.0. The molecule has 1 fully saturated rings. The van der Waals surface area contributed by atoms with E-state index >= 15 is 0 Å². The van der Waals surface area contributed by atoms with E-state index in [0.717, 1.165) is 37.0 Å². The number of carbonyl (C=O) groups excluding carboxylic acids is 2. The lowest BCUT2D eigenvalue weighted by atomic mass is 9.68. The Morgan fingerprint density at radius 1 is 0.711 bits per heavy atom. The minimum Gasteiger partial charge on any atom is -0.343 e. The molecule has 4 rings (SSSR count). The number of rotatable bonds is 10. The number of Topliss-reactive ketones (excluding diaryl/α,β-unsaturated/α-hetero) is 1. The first kappa shape index (κ1) is 27.6. The fourth-order valence-corrected chi connectivity index (χ4v) is 5.39. The SMILES string of the molecule is O=C(CCc1ccc(C(F)(F)F)cc1)N1CCC(C(=O)CCCCc2ccccc2)(c2ccccc2)CC1. The second-order valence-electron chi connectivity index (χ2n) is 10.1. The summed E-state index contributed by atoms with van der Waals surface area (Å²) in [7, 11) is 0. The van der Waals surface area contributed by atoms with Crippen LogP contribution in [0.3, 0.4) is 0 Å².